The third-order valence-corrected chi connectivity index (χ3v) is 2.80. The van der Waals surface area contributed by atoms with E-state index in [2.05, 4.69) is 20.3 Å². The van der Waals surface area contributed by atoms with E-state index < -0.39 is 18.7 Å². The van der Waals surface area contributed by atoms with Gasteiger partial charge in [0, 0.05) is 36.3 Å². The first-order valence-corrected chi connectivity index (χ1v) is 6.03. The van der Waals surface area contributed by atoms with Gasteiger partial charge in [-0.1, -0.05) is 0 Å². The Morgan fingerprint density at radius 3 is 2.24 bits per heavy atom. The van der Waals surface area contributed by atoms with E-state index in [-0.39, 0.29) is 0 Å². The van der Waals surface area contributed by atoms with E-state index >= 15 is 0 Å². The molecule has 8 heteroatoms. The van der Waals surface area contributed by atoms with Gasteiger partial charge in [-0.05, 0) is 18.7 Å². The maximum Gasteiger partial charge on any atom is 0.451 e. The van der Waals surface area contributed by atoms with Gasteiger partial charge in [-0.15, -0.1) is 0 Å². The van der Waals surface area contributed by atoms with Gasteiger partial charge in [0.2, 0.25) is 5.82 Å². The fourth-order valence-electron chi connectivity index (χ4n) is 1.77. The summed E-state index contributed by atoms with van der Waals surface area (Å²) in [5, 5.41) is 2.89. The standard InChI is InChI=1S/C13H12F4N4/c1-18-4-8-2-11(19-5-9(8)3-14)10-6-20-12(21-7-10)13(15,16)17/h2,5-7,18H,3-4H2,1H3. The lowest BCUT2D eigenvalue weighted by Gasteiger charge is -2.09. The van der Waals surface area contributed by atoms with E-state index in [9.17, 15) is 17.6 Å². The van der Waals surface area contributed by atoms with Crippen LogP contribution in [0.3, 0.4) is 0 Å². The van der Waals surface area contributed by atoms with Crippen molar-refractivity contribution in [2.24, 2.45) is 0 Å². The Bertz CT molecular complexity index is 611. The molecule has 0 radical (unpaired) electrons. The first-order chi connectivity index (χ1) is 9.95. The van der Waals surface area contributed by atoms with Crippen LogP contribution in [-0.2, 0) is 19.4 Å². The second-order valence-corrected chi connectivity index (χ2v) is 4.30. The summed E-state index contributed by atoms with van der Waals surface area (Å²) in [4.78, 5) is 10.6. The number of pyridine rings is 1. The van der Waals surface area contributed by atoms with Gasteiger partial charge in [-0.3, -0.25) is 4.98 Å². The minimum atomic E-state index is -4.58. The summed E-state index contributed by atoms with van der Waals surface area (Å²) < 4.78 is 50.0. The lowest BCUT2D eigenvalue weighted by atomic mass is 10.1. The van der Waals surface area contributed by atoms with Gasteiger partial charge in [-0.2, -0.15) is 13.2 Å². The molecule has 21 heavy (non-hydrogen) atoms. The van der Waals surface area contributed by atoms with Crippen LogP contribution in [-0.4, -0.2) is 22.0 Å². The molecule has 0 saturated carbocycles. The van der Waals surface area contributed by atoms with Crippen LogP contribution in [0.1, 0.15) is 17.0 Å². The van der Waals surface area contributed by atoms with Gasteiger partial charge in [-0.25, -0.2) is 14.4 Å². The molecular weight excluding hydrogens is 288 g/mol. The van der Waals surface area contributed by atoms with Crippen LogP contribution >= 0.6 is 0 Å². The van der Waals surface area contributed by atoms with Gasteiger partial charge >= 0.3 is 6.18 Å². The van der Waals surface area contributed by atoms with Gasteiger partial charge in [0.05, 0.1) is 5.69 Å². The minimum Gasteiger partial charge on any atom is -0.316 e. The van der Waals surface area contributed by atoms with Crippen molar-refractivity contribution in [1.82, 2.24) is 20.3 Å². The highest BCUT2D eigenvalue weighted by molar-refractivity contribution is 5.58. The highest BCUT2D eigenvalue weighted by Gasteiger charge is 2.34. The molecule has 0 unspecified atom stereocenters. The van der Waals surface area contributed by atoms with Gasteiger partial charge in [0.15, 0.2) is 0 Å². The van der Waals surface area contributed by atoms with Crippen LogP contribution in [0.25, 0.3) is 11.3 Å². The first kappa shape index (κ1) is 15.3. The molecule has 2 heterocycles. The SMILES string of the molecule is CNCc1cc(-c2cnc(C(F)(F)F)nc2)ncc1CF. The molecule has 0 saturated heterocycles. The lowest BCUT2D eigenvalue weighted by molar-refractivity contribution is -0.144. The molecular formula is C13H12F4N4. The van der Waals surface area contributed by atoms with E-state index in [1.54, 1.807) is 13.1 Å². The van der Waals surface area contributed by atoms with Crippen molar-refractivity contribution < 1.29 is 17.6 Å². The number of halogens is 4. The fraction of sp³-hybridized carbons (Fsp3) is 0.308. The monoisotopic (exact) mass is 300 g/mol. The average Bonchev–Trinajstić information content (AvgIpc) is 2.47. The molecule has 0 fully saturated rings. The molecule has 0 bridgehead atoms. The topological polar surface area (TPSA) is 50.7 Å². The molecule has 2 rings (SSSR count). The van der Waals surface area contributed by atoms with Crippen molar-refractivity contribution in [3.63, 3.8) is 0 Å². The molecule has 2 aromatic heterocycles. The fourth-order valence-corrected chi connectivity index (χ4v) is 1.77. The first-order valence-electron chi connectivity index (χ1n) is 6.03. The maximum absolute atomic E-state index is 12.8. The molecule has 0 aliphatic heterocycles. The third kappa shape index (κ3) is 3.52. The van der Waals surface area contributed by atoms with Crippen molar-refractivity contribution >= 4 is 0 Å². The molecule has 0 aromatic carbocycles. The summed E-state index contributed by atoms with van der Waals surface area (Å²) >= 11 is 0. The van der Waals surface area contributed by atoms with Crippen LogP contribution in [0, 0.1) is 0 Å². The predicted molar refractivity (Wildman–Crippen MR) is 67.8 cm³/mol. The summed E-state index contributed by atoms with van der Waals surface area (Å²) in [7, 11) is 1.71. The molecule has 4 nitrogen and oxygen atoms in total. The lowest BCUT2D eigenvalue weighted by Crippen LogP contribution is -2.11. The van der Waals surface area contributed by atoms with Crippen LogP contribution in [0.2, 0.25) is 0 Å². The average molecular weight is 300 g/mol. The van der Waals surface area contributed by atoms with Crippen molar-refractivity contribution in [3.05, 3.63) is 41.6 Å². The summed E-state index contributed by atoms with van der Waals surface area (Å²) in [6, 6.07) is 1.61. The van der Waals surface area contributed by atoms with Crippen molar-refractivity contribution in [2.45, 2.75) is 19.4 Å². The number of hydrogen-bond donors (Lipinski definition) is 1. The molecule has 0 amide bonds. The Hall–Kier alpha value is -2.09. The molecule has 0 aliphatic carbocycles. The Kier molecular flexibility index (Phi) is 4.46. The number of alkyl halides is 4. The summed E-state index contributed by atoms with van der Waals surface area (Å²) in [6.45, 7) is -0.232. The van der Waals surface area contributed by atoms with E-state index in [1.807, 2.05) is 0 Å². The normalized spacial score (nSPS) is 11.7. The summed E-state index contributed by atoms with van der Waals surface area (Å²) in [6.07, 6.45) is -1.12. The number of nitrogens with one attached hydrogen (secondary N) is 1. The number of hydrogen-bond acceptors (Lipinski definition) is 4. The Balaban J connectivity index is 2.35. The zero-order valence-electron chi connectivity index (χ0n) is 11.1. The molecule has 1 N–H and O–H groups in total. The second-order valence-electron chi connectivity index (χ2n) is 4.30. The smallest absolute Gasteiger partial charge is 0.316 e. The number of aromatic nitrogens is 3. The van der Waals surface area contributed by atoms with Crippen LogP contribution in [0.15, 0.2) is 24.7 Å². The van der Waals surface area contributed by atoms with Crippen molar-refractivity contribution in [1.29, 1.82) is 0 Å². The van der Waals surface area contributed by atoms with E-state index in [0.717, 1.165) is 12.4 Å². The highest BCUT2D eigenvalue weighted by Crippen LogP contribution is 2.27. The molecule has 0 aliphatic rings. The molecule has 112 valence electrons. The molecule has 0 atom stereocenters. The van der Waals surface area contributed by atoms with E-state index in [1.165, 1.54) is 6.20 Å². The zero-order valence-corrected chi connectivity index (χ0v) is 11.1. The minimum absolute atomic E-state index is 0.339. The summed E-state index contributed by atoms with van der Waals surface area (Å²) in [5.41, 5.74) is 1.85. The van der Waals surface area contributed by atoms with Gasteiger partial charge in [0.1, 0.15) is 6.67 Å². The van der Waals surface area contributed by atoms with Gasteiger partial charge in [0.25, 0.3) is 0 Å². The van der Waals surface area contributed by atoms with E-state index in [4.69, 9.17) is 0 Å². The zero-order chi connectivity index (χ0) is 15.5. The van der Waals surface area contributed by atoms with Crippen LogP contribution in [0.5, 0.6) is 0 Å². The number of nitrogens with zero attached hydrogens (tertiary/aromatic N) is 3. The van der Waals surface area contributed by atoms with Crippen molar-refractivity contribution in [3.8, 4) is 11.3 Å². The molecule has 0 spiro atoms. The summed E-state index contributed by atoms with van der Waals surface area (Å²) in [5.74, 6) is -1.21. The second kappa shape index (κ2) is 6.13. The molecule has 2 aromatic rings. The van der Waals surface area contributed by atoms with Crippen LogP contribution in [0.4, 0.5) is 17.6 Å². The Labute approximate surface area is 118 Å². The largest absolute Gasteiger partial charge is 0.451 e. The van der Waals surface area contributed by atoms with Crippen molar-refractivity contribution in [2.75, 3.05) is 7.05 Å². The van der Waals surface area contributed by atoms with Crippen LogP contribution < -0.4 is 5.32 Å². The Morgan fingerprint density at radius 1 is 1.05 bits per heavy atom. The number of rotatable bonds is 4. The van der Waals surface area contributed by atoms with Gasteiger partial charge < -0.3 is 5.32 Å². The van der Waals surface area contributed by atoms with E-state index in [0.29, 0.717) is 28.9 Å². The predicted octanol–water partition coefficient (Wildman–Crippen LogP) is 2.75. The highest BCUT2D eigenvalue weighted by atomic mass is 19.4. The third-order valence-electron chi connectivity index (χ3n) is 2.80. The maximum atomic E-state index is 12.8. The Morgan fingerprint density at radius 2 is 1.71 bits per heavy atom. The quantitative estimate of drug-likeness (QED) is 0.882.